The molecule has 0 saturated carbocycles. The van der Waals surface area contributed by atoms with Crippen LogP contribution >= 0.6 is 0 Å². The second-order valence-electron chi connectivity index (χ2n) is 12.1. The van der Waals surface area contributed by atoms with Gasteiger partial charge < -0.3 is 14.2 Å². The van der Waals surface area contributed by atoms with E-state index >= 15 is 0 Å². The van der Waals surface area contributed by atoms with Crippen LogP contribution < -0.4 is 4.74 Å². The highest BCUT2D eigenvalue weighted by Crippen LogP contribution is 2.40. The largest absolute Gasteiger partial charge is 0.496 e. The third kappa shape index (κ3) is 7.65. The van der Waals surface area contributed by atoms with E-state index < -0.39 is 53.6 Å². The molecule has 1 fully saturated rings. The summed E-state index contributed by atoms with van der Waals surface area (Å²) in [7, 11) is 2.79. The van der Waals surface area contributed by atoms with Crippen LogP contribution in [0.25, 0.3) is 27.8 Å². The van der Waals surface area contributed by atoms with Crippen LogP contribution in [0.1, 0.15) is 41.2 Å². The molecule has 2 aromatic carbocycles. The molecule has 7 nitrogen and oxygen atoms in total. The number of allylic oxidation sites excluding steroid dienone is 4. The molecule has 1 saturated heterocycles. The van der Waals surface area contributed by atoms with Crippen molar-refractivity contribution >= 4 is 17.6 Å². The van der Waals surface area contributed by atoms with E-state index in [4.69, 9.17) is 19.2 Å². The van der Waals surface area contributed by atoms with Gasteiger partial charge >= 0.3 is 24.4 Å². The van der Waals surface area contributed by atoms with Gasteiger partial charge in [-0.1, -0.05) is 42.7 Å². The quantitative estimate of drug-likeness (QED) is 0.132. The Labute approximate surface area is 290 Å². The lowest BCUT2D eigenvalue weighted by atomic mass is 9.93. The van der Waals surface area contributed by atoms with Crippen molar-refractivity contribution in [2.45, 2.75) is 51.8 Å². The molecule has 1 aliphatic carbocycles. The zero-order valence-corrected chi connectivity index (χ0v) is 28.1. The standard InChI is InChI=1S/C38H32F6N2O5/c1-20(2)31-13-12-29(30-17-23(9-14-33(30)49-5)28-11-8-25(15-21(28)3)35(47)50-6)32(45-31)19-46-22(4)34(51-36(46)48)24-7-10-26(37(39,40)41)18-27(16-24)38(42,43)44/h8-9,11-18,22,24,34H,1,19H2,2-6H3/t22?,24?,34-/m0/s1. The maximum Gasteiger partial charge on any atom is 0.424 e. The SMILES string of the molecule is C=C(C)c1ccc(-c2cc(-c3ccc(C(=O)OC)cc3C)ccc2OC)c(CN2C(=O)O[C@H](C3C#CC(C(F)(F)F)=CC(C(F)(F)F)=C3)C2C)n1. The fourth-order valence-corrected chi connectivity index (χ4v) is 5.93. The monoisotopic (exact) mass is 710 g/mol. The number of rotatable bonds is 8. The number of nitrogens with zero attached hydrogens (tertiary/aromatic N) is 2. The van der Waals surface area contributed by atoms with Gasteiger partial charge in [-0.15, -0.1) is 0 Å². The molecule has 2 aliphatic rings. The molecule has 5 rings (SSSR count). The minimum absolute atomic E-state index is 0.0397. The summed E-state index contributed by atoms with van der Waals surface area (Å²) in [6.45, 7) is 8.89. The number of esters is 1. The number of amides is 1. The minimum Gasteiger partial charge on any atom is -0.496 e. The van der Waals surface area contributed by atoms with Crippen molar-refractivity contribution in [3.8, 4) is 39.8 Å². The molecule has 3 aromatic rings. The molecule has 51 heavy (non-hydrogen) atoms. The molecule has 2 heterocycles. The zero-order chi connectivity index (χ0) is 37.4. The number of ether oxygens (including phenoxy) is 3. The lowest BCUT2D eigenvalue weighted by Crippen LogP contribution is -2.36. The lowest BCUT2D eigenvalue weighted by Gasteiger charge is -2.24. The van der Waals surface area contributed by atoms with Gasteiger partial charge in [0.05, 0.1) is 55.2 Å². The molecular formula is C38H32F6N2O5. The predicted octanol–water partition coefficient (Wildman–Crippen LogP) is 8.87. The number of carbonyl (C=O) groups excluding carboxylic acids is 2. The molecule has 0 radical (unpaired) electrons. The Morgan fingerprint density at radius 1 is 1.00 bits per heavy atom. The van der Waals surface area contributed by atoms with Crippen LogP contribution in [0.3, 0.4) is 0 Å². The van der Waals surface area contributed by atoms with Crippen LogP contribution in [0.5, 0.6) is 5.75 Å². The van der Waals surface area contributed by atoms with Crippen LogP contribution in [-0.4, -0.2) is 60.7 Å². The molecule has 1 aliphatic heterocycles. The Hall–Kier alpha value is -5.51. The van der Waals surface area contributed by atoms with Gasteiger partial charge in [0, 0.05) is 11.1 Å². The third-order valence-corrected chi connectivity index (χ3v) is 8.64. The number of benzene rings is 2. The first-order valence-electron chi connectivity index (χ1n) is 15.5. The third-order valence-electron chi connectivity index (χ3n) is 8.64. The average Bonchev–Trinajstić information content (AvgIpc) is 3.22. The molecule has 0 N–H and O–H groups in total. The molecular weight excluding hydrogens is 678 g/mol. The fraction of sp³-hybridized carbons (Fsp3) is 0.289. The summed E-state index contributed by atoms with van der Waals surface area (Å²) in [5, 5.41) is 0. The number of aromatic nitrogens is 1. The van der Waals surface area contributed by atoms with Gasteiger partial charge in [0.15, 0.2) is 0 Å². The molecule has 13 heteroatoms. The van der Waals surface area contributed by atoms with Crippen LogP contribution in [-0.2, 0) is 16.0 Å². The Balaban J connectivity index is 1.54. The number of hydrogen-bond donors (Lipinski definition) is 0. The van der Waals surface area contributed by atoms with Crippen molar-refractivity contribution in [2.24, 2.45) is 5.92 Å². The van der Waals surface area contributed by atoms with Crippen LogP contribution in [0.15, 0.2) is 78.4 Å². The average molecular weight is 711 g/mol. The predicted molar refractivity (Wildman–Crippen MR) is 177 cm³/mol. The van der Waals surface area contributed by atoms with E-state index in [1.165, 1.54) is 26.0 Å². The van der Waals surface area contributed by atoms with Gasteiger partial charge in [-0.3, -0.25) is 9.88 Å². The van der Waals surface area contributed by atoms with Crippen LogP contribution in [0, 0.1) is 24.7 Å². The lowest BCUT2D eigenvalue weighted by molar-refractivity contribution is -0.0930. The maximum absolute atomic E-state index is 13.8. The summed E-state index contributed by atoms with van der Waals surface area (Å²) in [5.41, 5.74) is 2.20. The van der Waals surface area contributed by atoms with Crippen LogP contribution in [0.2, 0.25) is 0 Å². The van der Waals surface area contributed by atoms with Gasteiger partial charge in [-0.25, -0.2) is 9.59 Å². The number of methoxy groups -OCH3 is 2. The summed E-state index contributed by atoms with van der Waals surface area (Å²) < 4.78 is 97.7. The van der Waals surface area contributed by atoms with E-state index in [9.17, 15) is 35.9 Å². The van der Waals surface area contributed by atoms with E-state index in [-0.39, 0.29) is 12.6 Å². The van der Waals surface area contributed by atoms with Crippen molar-refractivity contribution < 1.29 is 50.1 Å². The Morgan fingerprint density at radius 2 is 1.71 bits per heavy atom. The van der Waals surface area contributed by atoms with Gasteiger partial charge in [0.1, 0.15) is 17.4 Å². The second kappa shape index (κ2) is 14.0. The summed E-state index contributed by atoms with van der Waals surface area (Å²) in [6.07, 6.45) is -11.9. The molecule has 1 aromatic heterocycles. The molecule has 266 valence electrons. The molecule has 3 atom stereocenters. The number of carbonyl (C=O) groups is 2. The van der Waals surface area contributed by atoms with E-state index in [2.05, 4.69) is 12.5 Å². The highest BCUT2D eigenvalue weighted by molar-refractivity contribution is 5.91. The van der Waals surface area contributed by atoms with Crippen molar-refractivity contribution in [3.63, 3.8) is 0 Å². The maximum atomic E-state index is 13.8. The van der Waals surface area contributed by atoms with Crippen molar-refractivity contribution in [3.05, 3.63) is 101 Å². The molecule has 0 spiro atoms. The first kappa shape index (κ1) is 36.8. The summed E-state index contributed by atoms with van der Waals surface area (Å²) >= 11 is 0. The topological polar surface area (TPSA) is 78.0 Å². The Kier molecular flexibility index (Phi) is 10.1. The normalized spacial score (nSPS) is 18.9. The number of hydrogen-bond acceptors (Lipinski definition) is 6. The number of alkyl halides is 6. The first-order chi connectivity index (χ1) is 23.9. The zero-order valence-electron chi connectivity index (χ0n) is 28.1. The Morgan fingerprint density at radius 3 is 2.31 bits per heavy atom. The van der Waals surface area contributed by atoms with Crippen molar-refractivity contribution in [1.29, 1.82) is 0 Å². The summed E-state index contributed by atoms with van der Waals surface area (Å²) in [6, 6.07) is 13.2. The van der Waals surface area contributed by atoms with Crippen molar-refractivity contribution in [1.82, 2.24) is 9.88 Å². The fourth-order valence-electron chi connectivity index (χ4n) is 5.93. The smallest absolute Gasteiger partial charge is 0.424 e. The van der Waals surface area contributed by atoms with E-state index in [1.807, 2.05) is 25.0 Å². The molecule has 2 unspecified atom stereocenters. The van der Waals surface area contributed by atoms with E-state index in [0.29, 0.717) is 45.5 Å². The Bertz CT molecular complexity index is 2040. The number of pyridine rings is 1. The van der Waals surface area contributed by atoms with Crippen LogP contribution in [0.4, 0.5) is 31.1 Å². The van der Waals surface area contributed by atoms with Gasteiger partial charge in [-0.2, -0.15) is 26.3 Å². The van der Waals surface area contributed by atoms with E-state index in [1.54, 1.807) is 43.3 Å². The van der Waals surface area contributed by atoms with Gasteiger partial charge in [-0.05, 0) is 79.4 Å². The minimum atomic E-state index is -5.12. The van der Waals surface area contributed by atoms with Gasteiger partial charge in [0.2, 0.25) is 0 Å². The summed E-state index contributed by atoms with van der Waals surface area (Å²) in [4.78, 5) is 31.4. The molecule has 0 bridgehead atoms. The first-order valence-corrected chi connectivity index (χ1v) is 15.5. The molecule has 1 amide bonds. The highest BCUT2D eigenvalue weighted by Gasteiger charge is 2.45. The second-order valence-corrected chi connectivity index (χ2v) is 12.1. The van der Waals surface area contributed by atoms with E-state index in [0.717, 1.165) is 16.7 Å². The van der Waals surface area contributed by atoms with Gasteiger partial charge in [0.25, 0.3) is 0 Å². The highest BCUT2D eigenvalue weighted by atomic mass is 19.4. The number of aryl methyl sites for hydroxylation is 1. The summed E-state index contributed by atoms with van der Waals surface area (Å²) in [5.74, 6) is 2.55. The number of cyclic esters (lactones) is 1. The number of halogens is 6. The van der Waals surface area contributed by atoms with Crippen molar-refractivity contribution in [2.75, 3.05) is 14.2 Å².